The summed E-state index contributed by atoms with van der Waals surface area (Å²) in [4.78, 5) is 12.1. The van der Waals surface area contributed by atoms with Crippen molar-refractivity contribution < 1.29 is 14.3 Å². The largest absolute Gasteiger partial charge is 0.497 e. The summed E-state index contributed by atoms with van der Waals surface area (Å²) in [5, 5.41) is 0.539. The molecule has 2 aromatic rings. The van der Waals surface area contributed by atoms with Crippen molar-refractivity contribution in [1.82, 2.24) is 0 Å². The molecule has 21 heavy (non-hydrogen) atoms. The molecule has 2 aromatic carbocycles. The molecule has 0 spiro atoms. The van der Waals surface area contributed by atoms with E-state index in [4.69, 9.17) is 21.1 Å². The number of ether oxygens (including phenoxy) is 2. The van der Waals surface area contributed by atoms with Gasteiger partial charge in [-0.2, -0.15) is 0 Å². The van der Waals surface area contributed by atoms with E-state index in [1.807, 2.05) is 12.1 Å². The molecule has 0 bridgehead atoms. The van der Waals surface area contributed by atoms with Crippen molar-refractivity contribution in [2.45, 2.75) is 0 Å². The molecule has 0 N–H and O–H groups in total. The first-order valence-corrected chi connectivity index (χ1v) is 6.71. The molecule has 3 nitrogen and oxygen atoms in total. The maximum Gasteiger partial charge on any atom is 0.185 e. The molecule has 0 fully saturated rings. The van der Waals surface area contributed by atoms with Crippen LogP contribution < -0.4 is 9.47 Å². The molecule has 0 aliphatic carbocycles. The third-order valence-electron chi connectivity index (χ3n) is 2.91. The Balaban J connectivity index is 2.22. The summed E-state index contributed by atoms with van der Waals surface area (Å²) in [6.07, 6.45) is 3.22. The van der Waals surface area contributed by atoms with Crippen molar-refractivity contribution >= 4 is 23.5 Å². The molecule has 0 saturated heterocycles. The number of halogens is 1. The van der Waals surface area contributed by atoms with Crippen LogP contribution in [0.25, 0.3) is 6.08 Å². The Morgan fingerprint density at radius 3 is 2.29 bits per heavy atom. The van der Waals surface area contributed by atoms with E-state index in [1.54, 1.807) is 50.6 Å². The minimum Gasteiger partial charge on any atom is -0.497 e. The molecule has 0 saturated carbocycles. The van der Waals surface area contributed by atoms with Gasteiger partial charge in [0.2, 0.25) is 0 Å². The molecule has 108 valence electrons. The summed E-state index contributed by atoms with van der Waals surface area (Å²) in [6, 6.07) is 12.3. The number of allylic oxidation sites excluding steroid dienone is 1. The van der Waals surface area contributed by atoms with Crippen LogP contribution in [0, 0.1) is 0 Å². The topological polar surface area (TPSA) is 35.5 Å². The van der Waals surface area contributed by atoms with Crippen LogP contribution in [0.3, 0.4) is 0 Å². The highest BCUT2D eigenvalue weighted by Gasteiger charge is 2.03. The van der Waals surface area contributed by atoms with Gasteiger partial charge in [0.05, 0.1) is 14.2 Å². The van der Waals surface area contributed by atoms with E-state index >= 15 is 0 Å². The Labute approximate surface area is 128 Å². The number of carbonyl (C=O) groups is 1. The molecule has 0 radical (unpaired) electrons. The monoisotopic (exact) mass is 302 g/mol. The summed E-state index contributed by atoms with van der Waals surface area (Å²) < 4.78 is 10.4. The van der Waals surface area contributed by atoms with Crippen molar-refractivity contribution in [3.63, 3.8) is 0 Å². The van der Waals surface area contributed by atoms with Crippen LogP contribution >= 0.6 is 11.6 Å². The molecule has 2 rings (SSSR count). The zero-order chi connectivity index (χ0) is 15.2. The highest BCUT2D eigenvalue weighted by Crippen LogP contribution is 2.23. The molecule has 0 atom stereocenters. The fourth-order valence-electron chi connectivity index (χ4n) is 1.84. The van der Waals surface area contributed by atoms with E-state index in [0.29, 0.717) is 22.1 Å². The van der Waals surface area contributed by atoms with E-state index in [9.17, 15) is 4.79 Å². The maximum absolute atomic E-state index is 12.1. The molecule has 0 aliphatic rings. The average Bonchev–Trinajstić information content (AvgIpc) is 2.52. The highest BCUT2D eigenvalue weighted by atomic mass is 35.5. The molecular formula is C17H15ClO3. The van der Waals surface area contributed by atoms with Gasteiger partial charge in [-0.3, -0.25) is 4.79 Å². The Morgan fingerprint density at radius 2 is 1.71 bits per heavy atom. The van der Waals surface area contributed by atoms with Crippen molar-refractivity contribution in [3.8, 4) is 11.5 Å². The number of hydrogen-bond acceptors (Lipinski definition) is 3. The SMILES string of the molecule is COc1cc(/C=C/C(=O)c2cccc(Cl)c2)cc(OC)c1. The van der Waals surface area contributed by atoms with Crippen molar-refractivity contribution in [2.24, 2.45) is 0 Å². The van der Waals surface area contributed by atoms with Gasteiger partial charge in [0.25, 0.3) is 0 Å². The second kappa shape index (κ2) is 6.95. The zero-order valence-corrected chi connectivity index (χ0v) is 12.6. The Kier molecular flexibility index (Phi) is 5.01. The predicted molar refractivity (Wildman–Crippen MR) is 84.4 cm³/mol. The highest BCUT2D eigenvalue weighted by molar-refractivity contribution is 6.31. The Morgan fingerprint density at radius 1 is 1.05 bits per heavy atom. The minimum atomic E-state index is -0.112. The summed E-state index contributed by atoms with van der Waals surface area (Å²) >= 11 is 5.88. The molecule has 0 heterocycles. The first-order valence-electron chi connectivity index (χ1n) is 6.33. The van der Waals surface area contributed by atoms with Crippen LogP contribution in [0.2, 0.25) is 5.02 Å². The number of rotatable bonds is 5. The number of methoxy groups -OCH3 is 2. The number of carbonyl (C=O) groups excluding carboxylic acids is 1. The zero-order valence-electron chi connectivity index (χ0n) is 11.8. The fraction of sp³-hybridized carbons (Fsp3) is 0.118. The predicted octanol–water partition coefficient (Wildman–Crippen LogP) is 4.25. The van der Waals surface area contributed by atoms with Gasteiger partial charge in [0, 0.05) is 16.7 Å². The van der Waals surface area contributed by atoms with Gasteiger partial charge in [0.1, 0.15) is 11.5 Å². The van der Waals surface area contributed by atoms with Crippen LogP contribution in [-0.4, -0.2) is 20.0 Å². The standard InChI is InChI=1S/C17H15ClO3/c1-20-15-8-12(9-16(11-15)21-2)6-7-17(19)13-4-3-5-14(18)10-13/h3-11H,1-2H3/b7-6+. The van der Waals surface area contributed by atoms with E-state index in [-0.39, 0.29) is 5.78 Å². The van der Waals surface area contributed by atoms with Gasteiger partial charge in [-0.1, -0.05) is 29.8 Å². The second-order valence-electron chi connectivity index (χ2n) is 4.35. The molecule has 0 unspecified atom stereocenters. The number of benzene rings is 2. The molecule has 0 amide bonds. The fourth-order valence-corrected chi connectivity index (χ4v) is 2.03. The lowest BCUT2D eigenvalue weighted by Crippen LogP contribution is -1.93. The van der Waals surface area contributed by atoms with Crippen LogP contribution in [0.5, 0.6) is 11.5 Å². The Bertz CT molecular complexity index is 655. The molecule has 4 heteroatoms. The van der Waals surface area contributed by atoms with Crippen LogP contribution in [-0.2, 0) is 0 Å². The van der Waals surface area contributed by atoms with Gasteiger partial charge >= 0.3 is 0 Å². The lowest BCUT2D eigenvalue weighted by atomic mass is 10.1. The first-order chi connectivity index (χ1) is 10.1. The van der Waals surface area contributed by atoms with Crippen molar-refractivity contribution in [3.05, 3.63) is 64.7 Å². The quantitative estimate of drug-likeness (QED) is 0.612. The van der Waals surface area contributed by atoms with Gasteiger partial charge < -0.3 is 9.47 Å². The maximum atomic E-state index is 12.1. The smallest absolute Gasteiger partial charge is 0.185 e. The third kappa shape index (κ3) is 4.10. The summed E-state index contributed by atoms with van der Waals surface area (Å²) in [7, 11) is 3.17. The minimum absolute atomic E-state index is 0.112. The summed E-state index contributed by atoms with van der Waals surface area (Å²) in [6.45, 7) is 0. The Hall–Kier alpha value is -2.26. The summed E-state index contributed by atoms with van der Waals surface area (Å²) in [5.41, 5.74) is 1.37. The number of ketones is 1. The normalized spacial score (nSPS) is 10.6. The van der Waals surface area contributed by atoms with Gasteiger partial charge in [0.15, 0.2) is 5.78 Å². The number of hydrogen-bond donors (Lipinski definition) is 0. The van der Waals surface area contributed by atoms with Gasteiger partial charge in [-0.15, -0.1) is 0 Å². The van der Waals surface area contributed by atoms with E-state index < -0.39 is 0 Å². The second-order valence-corrected chi connectivity index (χ2v) is 4.79. The van der Waals surface area contributed by atoms with Crippen LogP contribution in [0.4, 0.5) is 0 Å². The molecular weight excluding hydrogens is 288 g/mol. The summed E-state index contributed by atoms with van der Waals surface area (Å²) in [5.74, 6) is 1.23. The average molecular weight is 303 g/mol. The van der Waals surface area contributed by atoms with Crippen LogP contribution in [0.15, 0.2) is 48.5 Å². The van der Waals surface area contributed by atoms with E-state index in [2.05, 4.69) is 0 Å². The van der Waals surface area contributed by atoms with Gasteiger partial charge in [-0.25, -0.2) is 0 Å². The van der Waals surface area contributed by atoms with E-state index in [0.717, 1.165) is 5.56 Å². The van der Waals surface area contributed by atoms with Crippen molar-refractivity contribution in [2.75, 3.05) is 14.2 Å². The van der Waals surface area contributed by atoms with Crippen molar-refractivity contribution in [1.29, 1.82) is 0 Å². The molecule has 0 aliphatic heterocycles. The van der Waals surface area contributed by atoms with E-state index in [1.165, 1.54) is 6.08 Å². The lowest BCUT2D eigenvalue weighted by Gasteiger charge is -2.05. The van der Waals surface area contributed by atoms with Gasteiger partial charge in [-0.05, 0) is 35.9 Å². The third-order valence-corrected chi connectivity index (χ3v) is 3.15. The van der Waals surface area contributed by atoms with Crippen LogP contribution in [0.1, 0.15) is 15.9 Å². The molecule has 0 aromatic heterocycles. The lowest BCUT2D eigenvalue weighted by molar-refractivity contribution is 0.104. The first kappa shape index (κ1) is 15.1.